The van der Waals surface area contributed by atoms with Crippen LogP contribution in [0.4, 0.5) is 8.78 Å². The monoisotopic (exact) mass is 434 g/mol. The minimum atomic E-state index is -1.08. The van der Waals surface area contributed by atoms with E-state index in [4.69, 9.17) is 0 Å². The lowest BCUT2D eigenvalue weighted by Crippen LogP contribution is -2.13. The second-order valence-corrected chi connectivity index (χ2v) is 5.70. The van der Waals surface area contributed by atoms with Crippen molar-refractivity contribution in [2.75, 3.05) is 0 Å². The van der Waals surface area contributed by atoms with Gasteiger partial charge >= 0.3 is 11.9 Å². The van der Waals surface area contributed by atoms with Gasteiger partial charge in [0, 0.05) is 8.95 Å². The third kappa shape index (κ3) is 3.89. The van der Waals surface area contributed by atoms with Crippen LogP contribution < -0.4 is 0 Å². The fraction of sp³-hybridized carbons (Fsp3) is 0. The molecular formula is C14H6Br2F2O4. The third-order valence-electron chi connectivity index (χ3n) is 2.49. The second-order valence-electron chi connectivity index (χ2n) is 3.99. The van der Waals surface area contributed by atoms with Crippen molar-refractivity contribution in [2.45, 2.75) is 0 Å². The number of carbonyl (C=O) groups is 2. The number of carbonyl (C=O) groups excluding carboxylic acids is 2. The Hall–Kier alpha value is -1.80. The Morgan fingerprint density at radius 2 is 1.14 bits per heavy atom. The summed E-state index contributed by atoms with van der Waals surface area (Å²) >= 11 is 6.08. The molecule has 0 aliphatic carbocycles. The molecule has 2 aromatic carbocycles. The van der Waals surface area contributed by atoms with Gasteiger partial charge in [0.2, 0.25) is 0 Å². The third-order valence-corrected chi connectivity index (χ3v) is 3.87. The number of halogens is 4. The first-order valence-corrected chi connectivity index (χ1v) is 7.30. The van der Waals surface area contributed by atoms with Crippen molar-refractivity contribution in [3.63, 3.8) is 0 Å². The fourth-order valence-corrected chi connectivity index (χ4v) is 2.29. The number of benzene rings is 2. The first kappa shape index (κ1) is 16.6. The van der Waals surface area contributed by atoms with Crippen LogP contribution in [0.2, 0.25) is 0 Å². The van der Waals surface area contributed by atoms with Crippen molar-refractivity contribution in [2.24, 2.45) is 0 Å². The molecule has 0 heterocycles. The average molecular weight is 436 g/mol. The molecule has 0 bridgehead atoms. The largest absolute Gasteiger partial charge is 0.387 e. The van der Waals surface area contributed by atoms with E-state index in [9.17, 15) is 18.4 Å². The molecule has 0 aromatic heterocycles. The molecule has 0 aliphatic rings. The normalized spacial score (nSPS) is 10.2. The van der Waals surface area contributed by atoms with Gasteiger partial charge in [-0.1, -0.05) is 0 Å². The summed E-state index contributed by atoms with van der Waals surface area (Å²) in [5.74, 6) is -3.47. The van der Waals surface area contributed by atoms with Gasteiger partial charge in [0.05, 0.1) is 11.1 Å². The summed E-state index contributed by atoms with van der Waals surface area (Å²) in [5.41, 5.74) is -0.322. The number of hydrogen-bond acceptors (Lipinski definition) is 4. The van der Waals surface area contributed by atoms with E-state index >= 15 is 0 Å². The van der Waals surface area contributed by atoms with Crippen LogP contribution in [-0.2, 0) is 9.78 Å². The minimum absolute atomic E-state index is 0.161. The van der Waals surface area contributed by atoms with Crippen LogP contribution in [0.25, 0.3) is 0 Å². The Morgan fingerprint density at radius 3 is 1.50 bits per heavy atom. The summed E-state index contributed by atoms with van der Waals surface area (Å²) < 4.78 is 26.7. The van der Waals surface area contributed by atoms with E-state index in [1.807, 2.05) is 0 Å². The lowest BCUT2D eigenvalue weighted by Gasteiger charge is -2.06. The molecule has 0 saturated carbocycles. The molecule has 4 nitrogen and oxygen atoms in total. The Bertz CT molecular complexity index is 686. The first-order valence-electron chi connectivity index (χ1n) is 5.72. The molecular weight excluding hydrogens is 430 g/mol. The van der Waals surface area contributed by atoms with Crippen molar-refractivity contribution < 1.29 is 28.1 Å². The highest BCUT2D eigenvalue weighted by molar-refractivity contribution is 9.10. The van der Waals surface area contributed by atoms with Crippen molar-refractivity contribution in [1.29, 1.82) is 0 Å². The van der Waals surface area contributed by atoms with Gasteiger partial charge in [-0.3, -0.25) is 0 Å². The topological polar surface area (TPSA) is 52.6 Å². The van der Waals surface area contributed by atoms with E-state index in [1.54, 1.807) is 0 Å². The van der Waals surface area contributed by atoms with Gasteiger partial charge < -0.3 is 0 Å². The second kappa shape index (κ2) is 6.97. The van der Waals surface area contributed by atoms with Crippen LogP contribution in [0.5, 0.6) is 0 Å². The maximum atomic E-state index is 13.1. The molecule has 22 heavy (non-hydrogen) atoms. The van der Waals surface area contributed by atoms with Gasteiger partial charge in [-0.15, -0.1) is 0 Å². The molecule has 2 aromatic rings. The van der Waals surface area contributed by atoms with Crippen molar-refractivity contribution in [1.82, 2.24) is 0 Å². The predicted octanol–water partition coefficient (Wildman–Crippen LogP) is 4.42. The molecule has 8 heteroatoms. The van der Waals surface area contributed by atoms with Gasteiger partial charge in [-0.2, -0.15) is 0 Å². The summed E-state index contributed by atoms with van der Waals surface area (Å²) in [7, 11) is 0. The van der Waals surface area contributed by atoms with E-state index in [0.717, 1.165) is 24.3 Å². The standard InChI is InChI=1S/C14H6Br2F2O4/c15-11-3-1-7(17)5-9(11)13(19)21-22-14(20)10-6-8(18)2-4-12(10)16/h1-6H. The molecule has 0 unspecified atom stereocenters. The van der Waals surface area contributed by atoms with E-state index in [0.29, 0.717) is 0 Å². The maximum Gasteiger partial charge on any atom is 0.387 e. The van der Waals surface area contributed by atoms with Crippen LogP contribution in [-0.4, -0.2) is 11.9 Å². The molecule has 0 aliphatic heterocycles. The van der Waals surface area contributed by atoms with Crippen LogP contribution in [0, 0.1) is 11.6 Å². The summed E-state index contributed by atoms with van der Waals surface area (Å²) in [5, 5.41) is 0. The summed E-state index contributed by atoms with van der Waals surface area (Å²) in [6.45, 7) is 0. The summed E-state index contributed by atoms with van der Waals surface area (Å²) in [4.78, 5) is 32.1. The van der Waals surface area contributed by atoms with Gasteiger partial charge in [0.15, 0.2) is 0 Å². The molecule has 0 amide bonds. The van der Waals surface area contributed by atoms with Gasteiger partial charge in [0.1, 0.15) is 11.6 Å². The molecule has 0 N–H and O–H groups in total. The summed E-state index contributed by atoms with van der Waals surface area (Å²) in [6.07, 6.45) is 0. The van der Waals surface area contributed by atoms with Crippen LogP contribution >= 0.6 is 31.9 Å². The Morgan fingerprint density at radius 1 is 0.773 bits per heavy atom. The van der Waals surface area contributed by atoms with Crippen molar-refractivity contribution >= 4 is 43.8 Å². The quantitative estimate of drug-likeness (QED) is 0.517. The number of rotatable bonds is 2. The lowest BCUT2D eigenvalue weighted by atomic mass is 10.2. The van der Waals surface area contributed by atoms with Crippen LogP contribution in [0.1, 0.15) is 20.7 Å². The maximum absolute atomic E-state index is 13.1. The minimum Gasteiger partial charge on any atom is -0.241 e. The van der Waals surface area contributed by atoms with Crippen molar-refractivity contribution in [3.05, 3.63) is 68.1 Å². The molecule has 0 radical (unpaired) electrons. The molecule has 2 rings (SSSR count). The highest BCUT2D eigenvalue weighted by Gasteiger charge is 2.19. The molecule has 0 fully saturated rings. The fourth-order valence-electron chi connectivity index (χ4n) is 1.47. The average Bonchev–Trinajstić information content (AvgIpc) is 2.49. The summed E-state index contributed by atoms with van der Waals surface area (Å²) in [6, 6.07) is 6.71. The van der Waals surface area contributed by atoms with Gasteiger partial charge in [-0.05, 0) is 68.3 Å². The molecule has 0 saturated heterocycles. The van der Waals surface area contributed by atoms with Gasteiger partial charge in [-0.25, -0.2) is 28.1 Å². The highest BCUT2D eigenvalue weighted by atomic mass is 79.9. The Labute approximate surface area is 140 Å². The smallest absolute Gasteiger partial charge is 0.241 e. The Balaban J connectivity index is 2.09. The van der Waals surface area contributed by atoms with E-state index in [2.05, 4.69) is 41.6 Å². The molecule has 0 atom stereocenters. The number of hydrogen-bond donors (Lipinski definition) is 0. The van der Waals surface area contributed by atoms with Gasteiger partial charge in [0.25, 0.3) is 0 Å². The zero-order chi connectivity index (χ0) is 16.3. The molecule has 0 spiro atoms. The van der Waals surface area contributed by atoms with E-state index < -0.39 is 23.6 Å². The van der Waals surface area contributed by atoms with Crippen LogP contribution in [0.3, 0.4) is 0 Å². The van der Waals surface area contributed by atoms with Crippen molar-refractivity contribution in [3.8, 4) is 0 Å². The van der Waals surface area contributed by atoms with Crippen LogP contribution in [0.15, 0.2) is 45.3 Å². The zero-order valence-electron chi connectivity index (χ0n) is 10.6. The SMILES string of the molecule is O=C(OOC(=O)c1cc(F)ccc1Br)c1cc(F)ccc1Br. The Kier molecular flexibility index (Phi) is 5.25. The first-order chi connectivity index (χ1) is 10.4. The van der Waals surface area contributed by atoms with E-state index in [1.165, 1.54) is 12.1 Å². The zero-order valence-corrected chi connectivity index (χ0v) is 13.8. The lowest BCUT2D eigenvalue weighted by molar-refractivity contribution is -0.187. The highest BCUT2D eigenvalue weighted by Crippen LogP contribution is 2.21. The molecule has 114 valence electrons. The predicted molar refractivity (Wildman–Crippen MR) is 79.0 cm³/mol. The van der Waals surface area contributed by atoms with E-state index in [-0.39, 0.29) is 20.1 Å².